The van der Waals surface area contributed by atoms with Gasteiger partial charge in [0.15, 0.2) is 0 Å². The van der Waals surface area contributed by atoms with Crippen LogP contribution in [0.15, 0.2) is 35.1 Å². The standard InChI is InChI=1S/C14H16FN3O/c1-9(2)16-8-12-7-13(19)18-14(17-12)10-4-3-5-11(15)6-10/h3-7,9,16H,8H2,1-2H3,(H,17,18,19). The Morgan fingerprint density at radius 2 is 2.16 bits per heavy atom. The Balaban J connectivity index is 2.33. The van der Waals surface area contributed by atoms with Gasteiger partial charge in [0.05, 0.1) is 5.69 Å². The lowest BCUT2D eigenvalue weighted by Crippen LogP contribution is -2.24. The molecule has 19 heavy (non-hydrogen) atoms. The quantitative estimate of drug-likeness (QED) is 0.886. The fourth-order valence-corrected chi connectivity index (χ4v) is 1.68. The molecule has 1 aromatic carbocycles. The first-order valence-electron chi connectivity index (χ1n) is 6.14. The van der Waals surface area contributed by atoms with E-state index >= 15 is 0 Å². The Kier molecular flexibility index (Phi) is 4.06. The summed E-state index contributed by atoms with van der Waals surface area (Å²) < 4.78 is 13.2. The fourth-order valence-electron chi connectivity index (χ4n) is 1.68. The van der Waals surface area contributed by atoms with Crippen LogP contribution in [-0.4, -0.2) is 16.0 Å². The largest absolute Gasteiger partial charge is 0.309 e. The first kappa shape index (κ1) is 13.4. The van der Waals surface area contributed by atoms with Gasteiger partial charge in [-0.1, -0.05) is 26.0 Å². The lowest BCUT2D eigenvalue weighted by molar-refractivity contribution is 0.580. The van der Waals surface area contributed by atoms with Crippen LogP contribution in [0.2, 0.25) is 0 Å². The summed E-state index contributed by atoms with van der Waals surface area (Å²) in [5, 5.41) is 3.19. The van der Waals surface area contributed by atoms with Crippen molar-refractivity contribution < 1.29 is 4.39 Å². The average molecular weight is 261 g/mol. The number of halogens is 1. The van der Waals surface area contributed by atoms with Gasteiger partial charge in [0, 0.05) is 24.2 Å². The molecular formula is C14H16FN3O. The third kappa shape index (κ3) is 3.72. The third-order valence-corrected chi connectivity index (χ3v) is 2.58. The van der Waals surface area contributed by atoms with E-state index in [0.717, 1.165) is 0 Å². The molecule has 4 nitrogen and oxygen atoms in total. The Morgan fingerprint density at radius 1 is 1.37 bits per heavy atom. The van der Waals surface area contributed by atoms with Crippen LogP contribution in [0.25, 0.3) is 11.4 Å². The second kappa shape index (κ2) is 5.75. The van der Waals surface area contributed by atoms with Gasteiger partial charge in [-0.2, -0.15) is 0 Å². The SMILES string of the molecule is CC(C)NCc1cc(=O)[nH]c(-c2cccc(F)c2)n1. The predicted molar refractivity (Wildman–Crippen MR) is 72.2 cm³/mol. The lowest BCUT2D eigenvalue weighted by atomic mass is 10.2. The molecule has 5 heteroatoms. The zero-order chi connectivity index (χ0) is 13.8. The van der Waals surface area contributed by atoms with E-state index in [1.807, 2.05) is 13.8 Å². The van der Waals surface area contributed by atoms with Crippen molar-refractivity contribution in [1.29, 1.82) is 0 Å². The van der Waals surface area contributed by atoms with Gasteiger partial charge in [-0.3, -0.25) is 4.79 Å². The zero-order valence-corrected chi connectivity index (χ0v) is 10.9. The highest BCUT2D eigenvalue weighted by Crippen LogP contribution is 2.14. The van der Waals surface area contributed by atoms with Crippen molar-refractivity contribution in [3.8, 4) is 11.4 Å². The van der Waals surface area contributed by atoms with Crippen LogP contribution < -0.4 is 10.9 Å². The summed E-state index contributed by atoms with van der Waals surface area (Å²) in [4.78, 5) is 18.5. The molecule has 0 saturated heterocycles. The van der Waals surface area contributed by atoms with Crippen molar-refractivity contribution in [3.05, 3.63) is 52.2 Å². The number of nitrogens with one attached hydrogen (secondary N) is 2. The van der Waals surface area contributed by atoms with Crippen molar-refractivity contribution in [2.75, 3.05) is 0 Å². The van der Waals surface area contributed by atoms with Crippen molar-refractivity contribution >= 4 is 0 Å². The van der Waals surface area contributed by atoms with E-state index in [2.05, 4.69) is 15.3 Å². The van der Waals surface area contributed by atoms with Gasteiger partial charge >= 0.3 is 0 Å². The van der Waals surface area contributed by atoms with Crippen molar-refractivity contribution in [2.24, 2.45) is 0 Å². The number of hydrogen-bond donors (Lipinski definition) is 2. The predicted octanol–water partition coefficient (Wildman–Crippen LogP) is 2.07. The van der Waals surface area contributed by atoms with Gasteiger partial charge in [0.2, 0.25) is 0 Å². The lowest BCUT2D eigenvalue weighted by Gasteiger charge is -2.08. The maximum atomic E-state index is 13.2. The summed E-state index contributed by atoms with van der Waals surface area (Å²) in [6.45, 7) is 4.53. The third-order valence-electron chi connectivity index (χ3n) is 2.58. The van der Waals surface area contributed by atoms with Gasteiger partial charge in [-0.15, -0.1) is 0 Å². The molecule has 2 rings (SSSR count). The van der Waals surface area contributed by atoms with E-state index in [4.69, 9.17) is 0 Å². The molecule has 2 N–H and O–H groups in total. The van der Waals surface area contributed by atoms with Crippen molar-refractivity contribution in [3.63, 3.8) is 0 Å². The molecule has 2 aromatic rings. The molecule has 1 aromatic heterocycles. The van der Waals surface area contributed by atoms with Gasteiger partial charge in [-0.05, 0) is 12.1 Å². The minimum Gasteiger partial charge on any atom is -0.309 e. The molecule has 0 spiro atoms. The maximum Gasteiger partial charge on any atom is 0.251 e. The summed E-state index contributed by atoms with van der Waals surface area (Å²) in [6.07, 6.45) is 0. The van der Waals surface area contributed by atoms with E-state index in [-0.39, 0.29) is 11.4 Å². The molecule has 0 atom stereocenters. The molecule has 0 aliphatic rings. The number of aromatic nitrogens is 2. The Hall–Kier alpha value is -2.01. The van der Waals surface area contributed by atoms with Crippen LogP contribution in [0.3, 0.4) is 0 Å². The van der Waals surface area contributed by atoms with Gasteiger partial charge in [0.25, 0.3) is 5.56 Å². The highest BCUT2D eigenvalue weighted by molar-refractivity contribution is 5.54. The highest BCUT2D eigenvalue weighted by atomic mass is 19.1. The minimum atomic E-state index is -0.356. The topological polar surface area (TPSA) is 57.8 Å². The maximum absolute atomic E-state index is 13.2. The van der Waals surface area contributed by atoms with E-state index in [0.29, 0.717) is 29.7 Å². The number of aromatic amines is 1. The second-order valence-electron chi connectivity index (χ2n) is 4.63. The zero-order valence-electron chi connectivity index (χ0n) is 10.9. The molecule has 0 radical (unpaired) electrons. The van der Waals surface area contributed by atoms with E-state index in [1.165, 1.54) is 18.2 Å². The van der Waals surface area contributed by atoms with E-state index in [1.54, 1.807) is 12.1 Å². The molecule has 0 saturated carbocycles. The molecule has 0 fully saturated rings. The molecule has 0 bridgehead atoms. The number of benzene rings is 1. The summed E-state index contributed by atoms with van der Waals surface area (Å²) in [5.41, 5.74) is 0.954. The first-order chi connectivity index (χ1) is 9.04. The van der Waals surface area contributed by atoms with Crippen LogP contribution in [0.5, 0.6) is 0 Å². The van der Waals surface area contributed by atoms with Crippen LogP contribution in [0.1, 0.15) is 19.5 Å². The minimum absolute atomic E-state index is 0.241. The van der Waals surface area contributed by atoms with Crippen LogP contribution in [0, 0.1) is 5.82 Å². The summed E-state index contributed by atoms with van der Waals surface area (Å²) in [6, 6.07) is 7.74. The van der Waals surface area contributed by atoms with Gasteiger partial charge in [0.1, 0.15) is 11.6 Å². The van der Waals surface area contributed by atoms with Crippen LogP contribution in [0.4, 0.5) is 4.39 Å². The molecule has 0 aliphatic heterocycles. The second-order valence-corrected chi connectivity index (χ2v) is 4.63. The molecule has 100 valence electrons. The number of hydrogen-bond acceptors (Lipinski definition) is 3. The Bertz CT molecular complexity index is 622. The molecule has 1 heterocycles. The fraction of sp³-hybridized carbons (Fsp3) is 0.286. The number of nitrogens with zero attached hydrogens (tertiary/aromatic N) is 1. The molecular weight excluding hydrogens is 245 g/mol. The highest BCUT2D eigenvalue weighted by Gasteiger charge is 2.05. The van der Waals surface area contributed by atoms with Crippen molar-refractivity contribution in [1.82, 2.24) is 15.3 Å². The van der Waals surface area contributed by atoms with E-state index in [9.17, 15) is 9.18 Å². The van der Waals surface area contributed by atoms with E-state index < -0.39 is 0 Å². The monoisotopic (exact) mass is 261 g/mol. The molecule has 0 unspecified atom stereocenters. The summed E-state index contributed by atoms with van der Waals surface area (Å²) in [5.74, 6) is 0.0263. The number of H-pyrrole nitrogens is 1. The summed E-state index contributed by atoms with van der Waals surface area (Å²) in [7, 11) is 0. The van der Waals surface area contributed by atoms with Crippen LogP contribution in [-0.2, 0) is 6.54 Å². The van der Waals surface area contributed by atoms with Gasteiger partial charge in [-0.25, -0.2) is 9.37 Å². The van der Waals surface area contributed by atoms with Gasteiger partial charge < -0.3 is 10.3 Å². The van der Waals surface area contributed by atoms with Crippen LogP contribution >= 0.6 is 0 Å². The average Bonchev–Trinajstić information content (AvgIpc) is 2.36. The van der Waals surface area contributed by atoms with Crippen molar-refractivity contribution in [2.45, 2.75) is 26.4 Å². The Morgan fingerprint density at radius 3 is 2.84 bits per heavy atom. The normalized spacial score (nSPS) is 10.9. The summed E-state index contributed by atoms with van der Waals surface area (Å²) >= 11 is 0. The Labute approximate surface area is 110 Å². The molecule has 0 amide bonds. The number of rotatable bonds is 4. The smallest absolute Gasteiger partial charge is 0.251 e. The molecule has 0 aliphatic carbocycles. The first-order valence-corrected chi connectivity index (χ1v) is 6.14.